The Morgan fingerprint density at radius 2 is 2.02 bits per heavy atom. The van der Waals surface area contributed by atoms with E-state index in [-0.39, 0.29) is 12.0 Å². The number of hydrogen-bond acceptors (Lipinski definition) is 8. The molecule has 0 saturated carbocycles. The lowest BCUT2D eigenvalue weighted by Crippen LogP contribution is -2.47. The summed E-state index contributed by atoms with van der Waals surface area (Å²) in [5.41, 5.74) is 11.6. The number of amidine groups is 1. The molecule has 2 aliphatic heterocycles. The van der Waals surface area contributed by atoms with E-state index >= 15 is 0 Å². The number of fused-ring (bicyclic) bond motifs is 1. The van der Waals surface area contributed by atoms with Crippen molar-refractivity contribution in [2.24, 2.45) is 10.7 Å². The molecule has 5 rings (SSSR count). The zero-order chi connectivity index (χ0) is 28.8. The molecular weight excluding hydrogens is 525 g/mol. The SMILES string of the molecule is COCCN1C[C@@H](NC(=O)NC(=Nc2ccccc2)C(C)=C(N)c2cnc3c(c2)COC3)[C@H](c2cncc(F)c2)C1. The van der Waals surface area contributed by atoms with Crippen LogP contribution in [0.25, 0.3) is 5.70 Å². The van der Waals surface area contributed by atoms with E-state index in [4.69, 9.17) is 20.2 Å². The maximum absolute atomic E-state index is 14.0. The number of methoxy groups -OCH3 is 1. The normalized spacial score (nSPS) is 19.5. The standard InChI is InChI=1S/C30H34FN7O3/c1-19(28(32)21-10-22-17-41-18-27(22)34-13-21)29(35-24-6-4-3-5-7-24)37-30(39)36-26-16-38(8-9-40-2)15-25(26)20-11-23(31)14-33-12-20/h3-7,10-14,25-26H,8-9,15-18,32H2,1-2H3,(H2,35,36,37,39)/t25-,26+/m0/s1. The highest BCUT2D eigenvalue weighted by molar-refractivity contribution is 6.11. The first-order chi connectivity index (χ1) is 19.9. The minimum Gasteiger partial charge on any atom is -0.398 e. The van der Waals surface area contributed by atoms with Crippen LogP contribution in [0.2, 0.25) is 0 Å². The minimum atomic E-state index is -0.444. The lowest BCUT2D eigenvalue weighted by molar-refractivity contribution is 0.133. The molecule has 0 bridgehead atoms. The summed E-state index contributed by atoms with van der Waals surface area (Å²) in [6, 6.07) is 12.0. The lowest BCUT2D eigenvalue weighted by Gasteiger charge is -2.21. The second-order valence-corrected chi connectivity index (χ2v) is 10.2. The predicted molar refractivity (Wildman–Crippen MR) is 154 cm³/mol. The summed E-state index contributed by atoms with van der Waals surface area (Å²) < 4.78 is 24.8. The van der Waals surface area contributed by atoms with Crippen LogP contribution in [0.3, 0.4) is 0 Å². The summed E-state index contributed by atoms with van der Waals surface area (Å²) in [6.07, 6.45) is 4.52. The molecule has 0 unspecified atom stereocenters. The molecule has 0 radical (unpaired) electrons. The fourth-order valence-corrected chi connectivity index (χ4v) is 5.10. The van der Waals surface area contributed by atoms with Crippen LogP contribution < -0.4 is 16.4 Å². The molecule has 2 atom stereocenters. The molecule has 10 nitrogen and oxygen atoms in total. The molecule has 4 heterocycles. The summed E-state index contributed by atoms with van der Waals surface area (Å²) in [5.74, 6) is -0.264. The summed E-state index contributed by atoms with van der Waals surface area (Å²) in [6.45, 7) is 5.22. The summed E-state index contributed by atoms with van der Waals surface area (Å²) in [7, 11) is 1.65. The quantitative estimate of drug-likeness (QED) is 0.285. The van der Waals surface area contributed by atoms with Crippen molar-refractivity contribution >= 4 is 23.3 Å². The van der Waals surface area contributed by atoms with Crippen molar-refractivity contribution < 1.29 is 18.7 Å². The van der Waals surface area contributed by atoms with Gasteiger partial charge in [-0.05, 0) is 36.8 Å². The Hall–Kier alpha value is -4.19. The number of aliphatic imine (C=N–C) groups is 1. The Balaban J connectivity index is 1.39. The highest BCUT2D eigenvalue weighted by Gasteiger charge is 2.35. The van der Waals surface area contributed by atoms with Crippen molar-refractivity contribution in [3.8, 4) is 0 Å². The topological polar surface area (TPSA) is 127 Å². The Kier molecular flexibility index (Phi) is 8.98. The largest absolute Gasteiger partial charge is 0.398 e. The van der Waals surface area contributed by atoms with E-state index in [0.29, 0.717) is 62.2 Å². The van der Waals surface area contributed by atoms with Gasteiger partial charge in [0.2, 0.25) is 0 Å². The number of aromatic nitrogens is 2. The fraction of sp³-hybridized carbons (Fsp3) is 0.333. The third-order valence-electron chi connectivity index (χ3n) is 7.33. The summed E-state index contributed by atoms with van der Waals surface area (Å²) >= 11 is 0. The minimum absolute atomic E-state index is 0.156. The van der Waals surface area contributed by atoms with Gasteiger partial charge in [-0.2, -0.15) is 0 Å². The fourth-order valence-electron chi connectivity index (χ4n) is 5.10. The van der Waals surface area contributed by atoms with E-state index < -0.39 is 11.8 Å². The van der Waals surface area contributed by atoms with E-state index in [0.717, 1.165) is 22.4 Å². The third kappa shape index (κ3) is 6.94. The van der Waals surface area contributed by atoms with Crippen LogP contribution in [0.15, 0.2) is 71.6 Å². The number of para-hydroxylation sites is 1. The lowest BCUT2D eigenvalue weighted by atomic mass is 9.96. The number of amides is 2. The number of urea groups is 1. The molecule has 0 spiro atoms. The first-order valence-electron chi connectivity index (χ1n) is 13.5. The Bertz CT molecular complexity index is 1450. The molecule has 41 heavy (non-hydrogen) atoms. The van der Waals surface area contributed by atoms with Gasteiger partial charge in [0, 0.05) is 67.5 Å². The molecule has 3 aromatic rings. The maximum Gasteiger partial charge on any atom is 0.320 e. The zero-order valence-electron chi connectivity index (χ0n) is 23.1. The highest BCUT2D eigenvalue weighted by Crippen LogP contribution is 2.28. The van der Waals surface area contributed by atoms with Crippen molar-refractivity contribution in [3.05, 3.63) is 94.8 Å². The molecular formula is C30H34FN7O3. The molecule has 2 aromatic heterocycles. The van der Waals surface area contributed by atoms with Crippen LogP contribution in [0.5, 0.6) is 0 Å². The van der Waals surface area contributed by atoms with Gasteiger partial charge in [0.1, 0.15) is 11.7 Å². The van der Waals surface area contributed by atoms with Gasteiger partial charge in [-0.1, -0.05) is 18.2 Å². The van der Waals surface area contributed by atoms with Gasteiger partial charge in [0.15, 0.2) is 0 Å². The van der Waals surface area contributed by atoms with E-state index in [1.807, 2.05) is 43.3 Å². The first kappa shape index (κ1) is 28.3. The second kappa shape index (κ2) is 13.0. The molecule has 4 N–H and O–H groups in total. The first-order valence-corrected chi connectivity index (χ1v) is 13.5. The molecule has 1 saturated heterocycles. The number of nitrogens with two attached hydrogens (primary N) is 1. The second-order valence-electron chi connectivity index (χ2n) is 10.2. The van der Waals surface area contributed by atoms with E-state index in [9.17, 15) is 9.18 Å². The molecule has 214 valence electrons. The third-order valence-corrected chi connectivity index (χ3v) is 7.33. The monoisotopic (exact) mass is 559 g/mol. The average molecular weight is 560 g/mol. The van der Waals surface area contributed by atoms with Crippen LogP contribution in [-0.2, 0) is 22.7 Å². The number of ether oxygens (including phenoxy) is 2. The molecule has 2 amide bonds. The van der Waals surface area contributed by atoms with Crippen molar-refractivity contribution in [2.45, 2.75) is 32.1 Å². The molecule has 2 aliphatic rings. The van der Waals surface area contributed by atoms with Crippen molar-refractivity contribution in [3.63, 3.8) is 0 Å². The van der Waals surface area contributed by atoms with Crippen molar-refractivity contribution in [1.29, 1.82) is 0 Å². The zero-order valence-corrected chi connectivity index (χ0v) is 23.1. The highest BCUT2D eigenvalue weighted by atomic mass is 19.1. The number of pyridine rings is 2. The Morgan fingerprint density at radius 1 is 1.20 bits per heavy atom. The molecule has 1 aromatic carbocycles. The molecule has 11 heteroatoms. The number of likely N-dealkylation sites (tertiary alicyclic amines) is 1. The van der Waals surface area contributed by atoms with Crippen LogP contribution in [0.1, 0.15) is 35.2 Å². The van der Waals surface area contributed by atoms with Crippen LogP contribution in [-0.4, -0.2) is 66.1 Å². The summed E-state index contributed by atoms with van der Waals surface area (Å²) in [4.78, 5) is 28.8. The number of hydrogen-bond donors (Lipinski definition) is 3. The maximum atomic E-state index is 14.0. The van der Waals surface area contributed by atoms with Crippen LogP contribution >= 0.6 is 0 Å². The van der Waals surface area contributed by atoms with Crippen LogP contribution in [0.4, 0.5) is 14.9 Å². The number of carbonyl (C=O) groups is 1. The predicted octanol–water partition coefficient (Wildman–Crippen LogP) is 3.48. The van der Waals surface area contributed by atoms with E-state index in [2.05, 4.69) is 25.5 Å². The number of nitrogens with zero attached hydrogens (tertiary/aromatic N) is 4. The van der Waals surface area contributed by atoms with Gasteiger partial charge in [-0.25, -0.2) is 14.2 Å². The van der Waals surface area contributed by atoms with E-state index in [1.165, 1.54) is 12.3 Å². The molecule has 0 aliphatic carbocycles. The van der Waals surface area contributed by atoms with Gasteiger partial charge < -0.3 is 20.5 Å². The number of nitrogens with one attached hydrogen (secondary N) is 2. The van der Waals surface area contributed by atoms with Crippen LogP contribution in [0, 0.1) is 5.82 Å². The van der Waals surface area contributed by atoms with Gasteiger partial charge in [0.25, 0.3) is 0 Å². The van der Waals surface area contributed by atoms with Gasteiger partial charge in [-0.3, -0.25) is 20.2 Å². The van der Waals surface area contributed by atoms with Crippen molar-refractivity contribution in [1.82, 2.24) is 25.5 Å². The van der Waals surface area contributed by atoms with Gasteiger partial charge in [-0.15, -0.1) is 0 Å². The number of carbonyl (C=O) groups excluding carboxylic acids is 1. The number of rotatable bonds is 8. The van der Waals surface area contributed by atoms with Crippen molar-refractivity contribution in [2.75, 3.05) is 33.4 Å². The molecule has 1 fully saturated rings. The number of halogens is 1. The average Bonchev–Trinajstić information content (AvgIpc) is 3.62. The summed E-state index contributed by atoms with van der Waals surface area (Å²) in [5, 5.41) is 6.00. The number of benzene rings is 1. The van der Waals surface area contributed by atoms with E-state index in [1.54, 1.807) is 19.5 Å². The van der Waals surface area contributed by atoms with Gasteiger partial charge >= 0.3 is 6.03 Å². The van der Waals surface area contributed by atoms with Gasteiger partial charge in [0.05, 0.1) is 43.4 Å². The smallest absolute Gasteiger partial charge is 0.320 e. The Morgan fingerprint density at radius 3 is 2.80 bits per heavy atom. The Labute approximate surface area is 238 Å².